The smallest absolute Gasteiger partial charge is 0.261 e. The van der Waals surface area contributed by atoms with Crippen LogP contribution in [-0.2, 0) is 0 Å². The summed E-state index contributed by atoms with van der Waals surface area (Å²) in [5.41, 5.74) is 0. The first-order valence-electron chi connectivity index (χ1n) is 3.81. The van der Waals surface area contributed by atoms with Gasteiger partial charge in [-0.2, -0.15) is 0 Å². The number of thiophene rings is 1. The maximum absolute atomic E-state index is 11.3. The highest BCUT2D eigenvalue weighted by atomic mass is 32.1. The molecule has 0 aliphatic heterocycles. The second-order valence-corrected chi connectivity index (χ2v) is 3.81. The second kappa shape index (κ2) is 4.26. The van der Waals surface area contributed by atoms with Gasteiger partial charge in [-0.25, -0.2) is 0 Å². The van der Waals surface area contributed by atoms with Crippen LogP contribution in [0.1, 0.15) is 23.5 Å². The molecule has 65 valence electrons. The number of nitrogens with one attached hydrogen (secondary N) is 1. The first-order valence-corrected chi connectivity index (χ1v) is 4.69. The molecule has 2 nitrogen and oxygen atoms in total. The van der Waals surface area contributed by atoms with E-state index in [0.29, 0.717) is 6.54 Å². The lowest BCUT2D eigenvalue weighted by atomic mass is 10.2. The molecule has 12 heavy (non-hydrogen) atoms. The van der Waals surface area contributed by atoms with Crippen LogP contribution >= 0.6 is 11.3 Å². The van der Waals surface area contributed by atoms with Crippen LogP contribution in [0.5, 0.6) is 0 Å². The standard InChI is InChI=1S/C9H12NOS/c1-7(2)6-10-9(11)8-4-3-5-12-8/h3-5H,6H2,1-2H3,(H,10,11). The highest BCUT2D eigenvalue weighted by Gasteiger charge is 2.05. The van der Waals surface area contributed by atoms with Gasteiger partial charge in [0.1, 0.15) is 0 Å². The molecule has 0 spiro atoms. The van der Waals surface area contributed by atoms with Crippen LogP contribution in [0.25, 0.3) is 0 Å². The van der Waals surface area contributed by atoms with Crippen LogP contribution in [0.2, 0.25) is 0 Å². The van der Waals surface area contributed by atoms with Gasteiger partial charge in [0.25, 0.3) is 5.91 Å². The first kappa shape index (κ1) is 9.26. The summed E-state index contributed by atoms with van der Waals surface area (Å²) in [5.74, 6) is 1.23. The summed E-state index contributed by atoms with van der Waals surface area (Å²) in [4.78, 5) is 12.1. The molecule has 0 aliphatic rings. The number of carbonyl (C=O) groups excluding carboxylic acids is 1. The van der Waals surface area contributed by atoms with E-state index >= 15 is 0 Å². The topological polar surface area (TPSA) is 29.1 Å². The minimum Gasteiger partial charge on any atom is -0.351 e. The highest BCUT2D eigenvalue weighted by molar-refractivity contribution is 7.12. The molecule has 0 unspecified atom stereocenters. The van der Waals surface area contributed by atoms with E-state index in [2.05, 4.69) is 5.32 Å². The van der Waals surface area contributed by atoms with Crippen molar-refractivity contribution < 1.29 is 4.79 Å². The largest absolute Gasteiger partial charge is 0.351 e. The SMILES string of the molecule is C[C](C)CNC(=O)c1cccs1. The van der Waals surface area contributed by atoms with Gasteiger partial charge in [0.2, 0.25) is 0 Å². The molecule has 0 fully saturated rings. The van der Waals surface area contributed by atoms with Crippen LogP contribution in [0, 0.1) is 5.92 Å². The number of hydrogen-bond acceptors (Lipinski definition) is 2. The predicted octanol–water partition coefficient (Wildman–Crippen LogP) is 2.09. The summed E-state index contributed by atoms with van der Waals surface area (Å²) >= 11 is 1.46. The summed E-state index contributed by atoms with van der Waals surface area (Å²) in [6, 6.07) is 3.70. The number of amides is 1. The van der Waals surface area contributed by atoms with Gasteiger partial charge in [-0.15, -0.1) is 11.3 Å². The Labute approximate surface area is 76.6 Å². The Morgan fingerprint density at radius 3 is 2.83 bits per heavy atom. The summed E-state index contributed by atoms with van der Waals surface area (Å²) in [5, 5.41) is 4.72. The van der Waals surface area contributed by atoms with E-state index in [9.17, 15) is 4.79 Å². The molecule has 0 atom stereocenters. The third kappa shape index (κ3) is 2.66. The van der Waals surface area contributed by atoms with Gasteiger partial charge in [0.05, 0.1) is 4.88 Å². The van der Waals surface area contributed by atoms with Gasteiger partial charge in [-0.1, -0.05) is 19.9 Å². The lowest BCUT2D eigenvalue weighted by molar-refractivity contribution is 0.0959. The Hall–Kier alpha value is -0.830. The second-order valence-electron chi connectivity index (χ2n) is 2.87. The van der Waals surface area contributed by atoms with E-state index in [0.717, 1.165) is 4.88 Å². The van der Waals surface area contributed by atoms with Crippen molar-refractivity contribution in [2.45, 2.75) is 13.8 Å². The Morgan fingerprint density at radius 2 is 2.33 bits per heavy atom. The highest BCUT2D eigenvalue weighted by Crippen LogP contribution is 2.07. The van der Waals surface area contributed by atoms with E-state index in [1.54, 1.807) is 0 Å². The normalized spacial score (nSPS) is 10.2. The Kier molecular flexibility index (Phi) is 3.29. The maximum atomic E-state index is 11.3. The summed E-state index contributed by atoms with van der Waals surface area (Å²) in [7, 11) is 0. The molecule has 1 heterocycles. The molecule has 1 amide bonds. The van der Waals surface area contributed by atoms with Crippen molar-refractivity contribution in [3.05, 3.63) is 28.3 Å². The lowest BCUT2D eigenvalue weighted by Gasteiger charge is -2.04. The molecule has 0 aliphatic carbocycles. The molecule has 0 bridgehead atoms. The van der Waals surface area contributed by atoms with Gasteiger partial charge >= 0.3 is 0 Å². The van der Waals surface area contributed by atoms with E-state index in [4.69, 9.17) is 0 Å². The first-order chi connectivity index (χ1) is 5.70. The van der Waals surface area contributed by atoms with Crippen molar-refractivity contribution in [2.75, 3.05) is 6.54 Å². The average Bonchev–Trinajstić information content (AvgIpc) is 2.51. The van der Waals surface area contributed by atoms with Crippen molar-refractivity contribution in [3.8, 4) is 0 Å². The molecule has 0 saturated carbocycles. The Balaban J connectivity index is 2.40. The monoisotopic (exact) mass is 182 g/mol. The number of carbonyl (C=O) groups is 1. The van der Waals surface area contributed by atoms with E-state index in [1.165, 1.54) is 17.3 Å². The van der Waals surface area contributed by atoms with Gasteiger partial charge in [-0.05, 0) is 17.4 Å². The third-order valence-electron chi connectivity index (χ3n) is 1.35. The third-order valence-corrected chi connectivity index (χ3v) is 2.22. The summed E-state index contributed by atoms with van der Waals surface area (Å²) in [6.07, 6.45) is 0. The molecule has 0 saturated heterocycles. The molecule has 0 aromatic carbocycles. The Morgan fingerprint density at radius 1 is 1.58 bits per heavy atom. The van der Waals surface area contributed by atoms with Crippen LogP contribution in [-0.4, -0.2) is 12.5 Å². The molecule has 1 radical (unpaired) electrons. The molecule has 1 N–H and O–H groups in total. The van der Waals surface area contributed by atoms with Crippen molar-refractivity contribution >= 4 is 17.2 Å². The minimum absolute atomic E-state index is 0.0196. The van der Waals surface area contributed by atoms with Gasteiger partial charge < -0.3 is 5.32 Å². The summed E-state index contributed by atoms with van der Waals surface area (Å²) in [6.45, 7) is 4.65. The molecular weight excluding hydrogens is 170 g/mol. The zero-order valence-corrected chi connectivity index (χ0v) is 8.07. The fourth-order valence-electron chi connectivity index (χ4n) is 0.752. The zero-order chi connectivity index (χ0) is 8.97. The molecule has 3 heteroatoms. The van der Waals surface area contributed by atoms with Gasteiger partial charge in [0.15, 0.2) is 0 Å². The number of rotatable bonds is 3. The molecule has 1 aromatic rings. The maximum Gasteiger partial charge on any atom is 0.261 e. The van der Waals surface area contributed by atoms with Crippen LogP contribution in [0.15, 0.2) is 17.5 Å². The fourth-order valence-corrected chi connectivity index (χ4v) is 1.39. The molecule has 1 rings (SSSR count). The number of hydrogen-bond donors (Lipinski definition) is 1. The fraction of sp³-hybridized carbons (Fsp3) is 0.333. The average molecular weight is 182 g/mol. The van der Waals surface area contributed by atoms with Crippen LogP contribution in [0.4, 0.5) is 0 Å². The van der Waals surface area contributed by atoms with Crippen LogP contribution in [0.3, 0.4) is 0 Å². The van der Waals surface area contributed by atoms with E-state index < -0.39 is 0 Å². The predicted molar refractivity (Wildman–Crippen MR) is 51.2 cm³/mol. The van der Waals surface area contributed by atoms with E-state index in [1.807, 2.05) is 31.4 Å². The Bertz CT molecular complexity index is 241. The zero-order valence-electron chi connectivity index (χ0n) is 7.26. The van der Waals surface area contributed by atoms with Crippen molar-refractivity contribution in [1.82, 2.24) is 5.32 Å². The van der Waals surface area contributed by atoms with Crippen molar-refractivity contribution in [2.24, 2.45) is 0 Å². The van der Waals surface area contributed by atoms with Crippen molar-refractivity contribution in [1.29, 1.82) is 0 Å². The lowest BCUT2D eigenvalue weighted by Crippen LogP contribution is -2.25. The summed E-state index contributed by atoms with van der Waals surface area (Å²) < 4.78 is 0. The molecular formula is C9H12NOS. The minimum atomic E-state index is 0.0196. The van der Waals surface area contributed by atoms with E-state index in [-0.39, 0.29) is 5.91 Å². The van der Waals surface area contributed by atoms with Crippen molar-refractivity contribution in [3.63, 3.8) is 0 Å². The van der Waals surface area contributed by atoms with Crippen LogP contribution < -0.4 is 5.32 Å². The quantitative estimate of drug-likeness (QED) is 0.762. The van der Waals surface area contributed by atoms with Gasteiger partial charge in [-0.3, -0.25) is 4.79 Å². The van der Waals surface area contributed by atoms with Gasteiger partial charge in [0, 0.05) is 6.54 Å². The molecule has 1 aromatic heterocycles.